The van der Waals surface area contributed by atoms with E-state index in [0.717, 1.165) is 11.1 Å². The largest absolute Gasteiger partial charge is 0.334 e. The third-order valence-electron chi connectivity index (χ3n) is 4.99. The molecule has 0 saturated carbocycles. The van der Waals surface area contributed by atoms with Crippen LogP contribution in [0.4, 0.5) is 19.7 Å². The number of anilines is 1. The summed E-state index contributed by atoms with van der Waals surface area (Å²) >= 11 is 0. The first-order valence-corrected chi connectivity index (χ1v) is 8.63. The van der Waals surface area contributed by atoms with Crippen molar-refractivity contribution in [3.05, 3.63) is 77.2 Å². The van der Waals surface area contributed by atoms with Crippen molar-refractivity contribution in [1.29, 1.82) is 0 Å². The van der Waals surface area contributed by atoms with Crippen molar-refractivity contribution in [3.63, 3.8) is 0 Å². The van der Waals surface area contributed by atoms with Crippen molar-refractivity contribution in [3.8, 4) is 0 Å². The lowest BCUT2D eigenvalue weighted by Gasteiger charge is -2.22. The number of nitrogens with one attached hydrogen (secondary N) is 4. The third-order valence-corrected chi connectivity index (χ3v) is 4.99. The van der Waals surface area contributed by atoms with Crippen molar-refractivity contribution in [2.24, 2.45) is 0 Å². The molecule has 1 unspecified atom stereocenters. The molecule has 1 aliphatic carbocycles. The van der Waals surface area contributed by atoms with E-state index in [1.54, 1.807) is 12.1 Å². The van der Waals surface area contributed by atoms with Crippen LogP contribution in [0.5, 0.6) is 0 Å². The maximum absolute atomic E-state index is 13.2. The average Bonchev–Trinajstić information content (AvgIpc) is 3.11. The van der Waals surface area contributed by atoms with Crippen LogP contribution in [-0.2, 0) is 19.4 Å². The van der Waals surface area contributed by atoms with E-state index in [4.69, 9.17) is 0 Å². The SMILES string of the molecule is C=C1NC(=O)NC12Cc1ccc(NC(=O)NCc3cccc(F)c3)cc1C2. The number of benzene rings is 2. The second kappa shape index (κ2) is 6.42. The van der Waals surface area contributed by atoms with Gasteiger partial charge in [0, 0.05) is 30.8 Å². The fraction of sp³-hybridized carbons (Fsp3) is 0.200. The molecule has 1 fully saturated rings. The van der Waals surface area contributed by atoms with Crippen molar-refractivity contribution < 1.29 is 14.0 Å². The minimum Gasteiger partial charge on any atom is -0.334 e. The Morgan fingerprint density at radius 3 is 2.74 bits per heavy atom. The monoisotopic (exact) mass is 366 g/mol. The number of hydrogen-bond donors (Lipinski definition) is 4. The highest BCUT2D eigenvalue weighted by atomic mass is 19.1. The van der Waals surface area contributed by atoms with Crippen LogP contribution in [0.3, 0.4) is 0 Å². The Morgan fingerprint density at radius 2 is 2.00 bits per heavy atom. The summed E-state index contributed by atoms with van der Waals surface area (Å²) < 4.78 is 13.2. The van der Waals surface area contributed by atoms with Crippen LogP contribution in [0, 0.1) is 5.82 Å². The van der Waals surface area contributed by atoms with Crippen molar-refractivity contribution in [1.82, 2.24) is 16.0 Å². The van der Waals surface area contributed by atoms with Crippen molar-refractivity contribution >= 4 is 17.7 Å². The predicted molar refractivity (Wildman–Crippen MR) is 99.6 cm³/mol. The standard InChI is InChI=1S/C20H19FN4O2/c1-12-20(25-19(27)23-12)9-14-5-6-17(8-15(14)10-20)24-18(26)22-11-13-3-2-4-16(21)7-13/h2-8H,1,9-11H2,(H2,22,24,26)(H2,23,25,27). The van der Waals surface area contributed by atoms with Gasteiger partial charge in [0.1, 0.15) is 5.82 Å². The first-order chi connectivity index (χ1) is 12.9. The summed E-state index contributed by atoms with van der Waals surface area (Å²) in [4.78, 5) is 23.7. The highest BCUT2D eigenvalue weighted by molar-refractivity contribution is 5.89. The highest BCUT2D eigenvalue weighted by Gasteiger charge is 2.45. The number of amides is 4. The molecular formula is C20H19FN4O2. The van der Waals surface area contributed by atoms with Crippen LogP contribution in [-0.4, -0.2) is 17.6 Å². The highest BCUT2D eigenvalue weighted by Crippen LogP contribution is 2.37. The van der Waals surface area contributed by atoms with E-state index in [0.29, 0.717) is 29.8 Å². The van der Waals surface area contributed by atoms with E-state index < -0.39 is 5.54 Å². The molecule has 0 radical (unpaired) electrons. The van der Waals surface area contributed by atoms with Gasteiger partial charge in [-0.1, -0.05) is 24.8 Å². The molecule has 2 aromatic rings. The third kappa shape index (κ3) is 3.36. The summed E-state index contributed by atoms with van der Waals surface area (Å²) in [5.74, 6) is -0.336. The van der Waals surface area contributed by atoms with Crippen LogP contribution < -0.4 is 21.3 Å². The molecule has 4 amide bonds. The molecular weight excluding hydrogens is 347 g/mol. The Kier molecular flexibility index (Phi) is 4.07. The first-order valence-electron chi connectivity index (χ1n) is 8.63. The Hall–Kier alpha value is -3.35. The topological polar surface area (TPSA) is 82.3 Å². The second-order valence-corrected chi connectivity index (χ2v) is 6.91. The second-order valence-electron chi connectivity index (χ2n) is 6.91. The summed E-state index contributed by atoms with van der Waals surface area (Å²) in [5, 5.41) is 11.2. The van der Waals surface area contributed by atoms with Gasteiger partial charge in [0.05, 0.1) is 5.54 Å². The number of hydrogen-bond acceptors (Lipinski definition) is 2. The van der Waals surface area contributed by atoms with Crippen LogP contribution in [0.25, 0.3) is 0 Å². The Balaban J connectivity index is 1.40. The zero-order valence-electron chi connectivity index (χ0n) is 14.6. The molecule has 1 aliphatic heterocycles. The Labute approximate surface area is 155 Å². The summed E-state index contributed by atoms with van der Waals surface area (Å²) in [6.45, 7) is 4.18. The number of carbonyl (C=O) groups is 2. The number of urea groups is 2. The fourth-order valence-corrected chi connectivity index (χ4v) is 3.64. The molecule has 1 atom stereocenters. The maximum Gasteiger partial charge on any atom is 0.319 e. The fourth-order valence-electron chi connectivity index (χ4n) is 3.64. The molecule has 0 bridgehead atoms. The molecule has 1 heterocycles. The van der Waals surface area contributed by atoms with Gasteiger partial charge in [-0.15, -0.1) is 0 Å². The van der Waals surface area contributed by atoms with Crippen LogP contribution in [0.1, 0.15) is 16.7 Å². The van der Waals surface area contributed by atoms with Crippen molar-refractivity contribution in [2.75, 3.05) is 5.32 Å². The molecule has 4 N–H and O–H groups in total. The van der Waals surface area contributed by atoms with E-state index >= 15 is 0 Å². The molecule has 138 valence electrons. The van der Waals surface area contributed by atoms with Gasteiger partial charge in [-0.25, -0.2) is 14.0 Å². The van der Waals surface area contributed by atoms with Gasteiger partial charge in [-0.2, -0.15) is 0 Å². The molecule has 0 aromatic heterocycles. The number of carbonyl (C=O) groups excluding carboxylic acids is 2. The van der Waals surface area contributed by atoms with E-state index in [9.17, 15) is 14.0 Å². The number of halogens is 1. The molecule has 7 heteroatoms. The zero-order chi connectivity index (χ0) is 19.0. The van der Waals surface area contributed by atoms with Gasteiger partial charge in [0.15, 0.2) is 0 Å². The van der Waals surface area contributed by atoms with E-state index in [1.807, 2.05) is 18.2 Å². The Bertz CT molecular complexity index is 959. The number of rotatable bonds is 3. The van der Waals surface area contributed by atoms with E-state index in [2.05, 4.69) is 27.8 Å². The van der Waals surface area contributed by atoms with Crippen LogP contribution in [0.2, 0.25) is 0 Å². The minimum atomic E-state index is -0.488. The molecule has 6 nitrogen and oxygen atoms in total. The molecule has 4 rings (SSSR count). The van der Waals surface area contributed by atoms with Crippen LogP contribution >= 0.6 is 0 Å². The lowest BCUT2D eigenvalue weighted by Crippen LogP contribution is -2.42. The zero-order valence-corrected chi connectivity index (χ0v) is 14.6. The van der Waals surface area contributed by atoms with Gasteiger partial charge in [-0.05, 0) is 41.0 Å². The summed E-state index contributed by atoms with van der Waals surface area (Å²) in [7, 11) is 0. The molecule has 1 spiro atoms. The predicted octanol–water partition coefficient (Wildman–Crippen LogP) is 2.81. The summed E-state index contributed by atoms with van der Waals surface area (Å²) in [5.41, 5.74) is 3.70. The van der Waals surface area contributed by atoms with Gasteiger partial charge in [-0.3, -0.25) is 0 Å². The first kappa shape index (κ1) is 17.1. The van der Waals surface area contributed by atoms with Gasteiger partial charge in [0.25, 0.3) is 0 Å². The average molecular weight is 366 g/mol. The number of fused-ring (bicyclic) bond motifs is 1. The van der Waals surface area contributed by atoms with E-state index in [-0.39, 0.29) is 24.4 Å². The lowest BCUT2D eigenvalue weighted by atomic mass is 9.94. The van der Waals surface area contributed by atoms with Gasteiger partial charge in [0.2, 0.25) is 0 Å². The van der Waals surface area contributed by atoms with Gasteiger partial charge < -0.3 is 21.3 Å². The van der Waals surface area contributed by atoms with Gasteiger partial charge >= 0.3 is 12.1 Å². The quantitative estimate of drug-likeness (QED) is 0.674. The summed E-state index contributed by atoms with van der Waals surface area (Å²) in [6, 6.07) is 11.2. The molecule has 1 saturated heterocycles. The van der Waals surface area contributed by atoms with E-state index in [1.165, 1.54) is 12.1 Å². The maximum atomic E-state index is 13.2. The van der Waals surface area contributed by atoms with Crippen LogP contribution in [0.15, 0.2) is 54.7 Å². The normalized spacial score (nSPS) is 20.2. The Morgan fingerprint density at radius 1 is 1.19 bits per heavy atom. The van der Waals surface area contributed by atoms with Crippen molar-refractivity contribution in [2.45, 2.75) is 24.9 Å². The summed E-state index contributed by atoms with van der Waals surface area (Å²) in [6.07, 6.45) is 1.30. The molecule has 2 aliphatic rings. The molecule has 27 heavy (non-hydrogen) atoms. The lowest BCUT2D eigenvalue weighted by molar-refractivity contribution is 0.244. The smallest absolute Gasteiger partial charge is 0.319 e. The molecule has 2 aromatic carbocycles. The minimum absolute atomic E-state index is 0.231.